The normalized spacial score (nSPS) is 12.6. The van der Waals surface area contributed by atoms with Crippen molar-refractivity contribution >= 4 is 50.7 Å². The van der Waals surface area contributed by atoms with E-state index < -0.39 is 21.6 Å². The molecule has 2 aromatic carbocycles. The Labute approximate surface area is 231 Å². The van der Waals surface area contributed by atoms with Crippen LogP contribution in [0.15, 0.2) is 42.5 Å². The van der Waals surface area contributed by atoms with Crippen molar-refractivity contribution < 1.29 is 18.0 Å². The number of hydrogen-bond acceptors (Lipinski definition) is 4. The van der Waals surface area contributed by atoms with Gasteiger partial charge in [0.25, 0.3) is 0 Å². The number of carbonyl (C=O) groups is 2. The van der Waals surface area contributed by atoms with E-state index >= 15 is 0 Å². The summed E-state index contributed by atoms with van der Waals surface area (Å²) in [6, 6.07) is 11.7. The standard InChI is InChI=1S/C27H37Cl2N3O4S/c1-7-23(26(34)30-27(3,4)5)31(18-20-12-9-8-11-19(20)2)25(33)13-10-16-32(37(6,35)36)24-17-21(28)14-15-22(24)29/h8-9,11-12,14-15,17,23H,7,10,13,16,18H2,1-6H3,(H,30,34)/t23-/m1/s1. The van der Waals surface area contributed by atoms with Gasteiger partial charge in [-0.15, -0.1) is 0 Å². The number of nitrogens with one attached hydrogen (secondary N) is 1. The highest BCUT2D eigenvalue weighted by Crippen LogP contribution is 2.31. The van der Waals surface area contributed by atoms with Gasteiger partial charge in [0.05, 0.1) is 17.0 Å². The van der Waals surface area contributed by atoms with E-state index in [9.17, 15) is 18.0 Å². The SMILES string of the molecule is CC[C@H](C(=O)NC(C)(C)C)N(Cc1ccccc1C)C(=O)CCCN(c1cc(Cl)ccc1Cl)S(C)(=O)=O. The fourth-order valence-electron chi connectivity index (χ4n) is 4.00. The van der Waals surface area contributed by atoms with Crippen molar-refractivity contribution in [1.82, 2.24) is 10.2 Å². The molecular weight excluding hydrogens is 533 g/mol. The number of rotatable bonds is 11. The molecule has 2 aromatic rings. The number of aryl methyl sites for hydroxylation is 1. The first-order valence-electron chi connectivity index (χ1n) is 12.2. The molecule has 0 aliphatic rings. The number of amides is 2. The topological polar surface area (TPSA) is 86.8 Å². The number of anilines is 1. The maximum absolute atomic E-state index is 13.5. The van der Waals surface area contributed by atoms with Crippen LogP contribution in [0.4, 0.5) is 5.69 Å². The predicted octanol–water partition coefficient (Wildman–Crippen LogP) is 5.57. The molecule has 0 aliphatic carbocycles. The van der Waals surface area contributed by atoms with E-state index in [-0.39, 0.29) is 48.5 Å². The zero-order valence-electron chi connectivity index (χ0n) is 22.3. The zero-order chi connectivity index (χ0) is 28.0. The lowest BCUT2D eigenvalue weighted by Gasteiger charge is -2.33. The third-order valence-electron chi connectivity index (χ3n) is 5.82. The first-order chi connectivity index (χ1) is 17.1. The number of halogens is 2. The quantitative estimate of drug-likeness (QED) is 0.383. The smallest absolute Gasteiger partial charge is 0.243 e. The number of carbonyl (C=O) groups excluding carboxylic acids is 2. The minimum Gasteiger partial charge on any atom is -0.350 e. The fourth-order valence-corrected chi connectivity index (χ4v) is 5.41. The zero-order valence-corrected chi connectivity index (χ0v) is 24.7. The van der Waals surface area contributed by atoms with E-state index in [1.165, 1.54) is 12.1 Å². The lowest BCUT2D eigenvalue weighted by Crippen LogP contribution is -2.53. The second-order valence-corrected chi connectivity index (χ2v) is 12.9. The van der Waals surface area contributed by atoms with E-state index in [4.69, 9.17) is 23.2 Å². The summed E-state index contributed by atoms with van der Waals surface area (Å²) in [5, 5.41) is 3.58. The molecule has 7 nitrogen and oxygen atoms in total. The van der Waals surface area contributed by atoms with Gasteiger partial charge in [-0.05, 0) is 69.9 Å². The molecule has 2 rings (SSSR count). The summed E-state index contributed by atoms with van der Waals surface area (Å²) in [5.74, 6) is -0.454. The monoisotopic (exact) mass is 569 g/mol. The highest BCUT2D eigenvalue weighted by Gasteiger charge is 2.31. The number of nitrogens with zero attached hydrogens (tertiary/aromatic N) is 2. The van der Waals surface area contributed by atoms with Crippen molar-refractivity contribution in [2.24, 2.45) is 0 Å². The van der Waals surface area contributed by atoms with Gasteiger partial charge < -0.3 is 10.2 Å². The van der Waals surface area contributed by atoms with Gasteiger partial charge in [0.15, 0.2) is 0 Å². The summed E-state index contributed by atoms with van der Waals surface area (Å²) < 4.78 is 26.2. The summed E-state index contributed by atoms with van der Waals surface area (Å²) in [5.41, 5.74) is 1.78. The minimum absolute atomic E-state index is 0.0355. The molecule has 0 aromatic heterocycles. The Kier molecular flexibility index (Phi) is 10.9. The van der Waals surface area contributed by atoms with Gasteiger partial charge >= 0.3 is 0 Å². The van der Waals surface area contributed by atoms with Crippen LogP contribution < -0.4 is 9.62 Å². The molecular formula is C27H37Cl2N3O4S. The largest absolute Gasteiger partial charge is 0.350 e. The Balaban J connectivity index is 2.29. The van der Waals surface area contributed by atoms with Gasteiger partial charge in [-0.25, -0.2) is 8.42 Å². The second-order valence-electron chi connectivity index (χ2n) is 10.1. The molecule has 0 aliphatic heterocycles. The van der Waals surface area contributed by atoms with Gasteiger partial charge in [0.1, 0.15) is 6.04 Å². The molecule has 37 heavy (non-hydrogen) atoms. The average Bonchev–Trinajstić information content (AvgIpc) is 2.77. The third kappa shape index (κ3) is 9.20. The molecule has 1 N–H and O–H groups in total. The Morgan fingerprint density at radius 3 is 2.30 bits per heavy atom. The van der Waals surface area contributed by atoms with Gasteiger partial charge in [-0.1, -0.05) is 54.4 Å². The first-order valence-corrected chi connectivity index (χ1v) is 14.8. The van der Waals surface area contributed by atoms with Gasteiger partial charge in [-0.2, -0.15) is 0 Å². The fraction of sp³-hybridized carbons (Fsp3) is 0.481. The van der Waals surface area contributed by atoms with Crippen molar-refractivity contribution in [2.45, 2.75) is 72.0 Å². The molecule has 10 heteroatoms. The highest BCUT2D eigenvalue weighted by atomic mass is 35.5. The molecule has 0 fully saturated rings. The molecule has 2 amide bonds. The number of sulfonamides is 1. The molecule has 0 saturated carbocycles. The summed E-state index contributed by atoms with van der Waals surface area (Å²) in [6.07, 6.45) is 1.80. The van der Waals surface area contributed by atoms with Crippen molar-refractivity contribution in [3.8, 4) is 0 Å². The van der Waals surface area contributed by atoms with E-state index in [1.807, 2.05) is 58.9 Å². The molecule has 204 valence electrons. The van der Waals surface area contributed by atoms with Crippen LogP contribution in [0, 0.1) is 6.92 Å². The minimum atomic E-state index is -3.68. The van der Waals surface area contributed by atoms with E-state index in [2.05, 4.69) is 5.32 Å². The highest BCUT2D eigenvalue weighted by molar-refractivity contribution is 7.92. The van der Waals surface area contributed by atoms with Gasteiger partial charge in [-0.3, -0.25) is 13.9 Å². The molecule has 0 spiro atoms. The summed E-state index contributed by atoms with van der Waals surface area (Å²) in [7, 11) is -3.68. The average molecular weight is 571 g/mol. The van der Waals surface area contributed by atoms with Crippen LogP contribution in [-0.2, 0) is 26.2 Å². The Bertz CT molecular complexity index is 1210. The summed E-state index contributed by atoms with van der Waals surface area (Å²) in [4.78, 5) is 28.3. The third-order valence-corrected chi connectivity index (χ3v) is 7.55. The maximum Gasteiger partial charge on any atom is 0.243 e. The number of benzene rings is 2. The molecule has 0 heterocycles. The molecule has 1 atom stereocenters. The lowest BCUT2D eigenvalue weighted by atomic mass is 10.0. The van der Waals surface area contributed by atoms with Crippen molar-refractivity contribution in [3.63, 3.8) is 0 Å². The first kappa shape index (κ1) is 30.9. The Morgan fingerprint density at radius 1 is 1.08 bits per heavy atom. The Hall–Kier alpha value is -2.29. The lowest BCUT2D eigenvalue weighted by molar-refractivity contribution is -0.142. The number of hydrogen-bond donors (Lipinski definition) is 1. The van der Waals surface area contributed by atoms with Crippen LogP contribution in [0.1, 0.15) is 58.1 Å². The van der Waals surface area contributed by atoms with E-state index in [1.54, 1.807) is 11.0 Å². The molecule has 0 unspecified atom stereocenters. The molecule has 0 radical (unpaired) electrons. The van der Waals surface area contributed by atoms with Crippen LogP contribution in [-0.4, -0.2) is 49.5 Å². The van der Waals surface area contributed by atoms with Gasteiger partial charge in [0, 0.05) is 30.1 Å². The Morgan fingerprint density at radius 2 is 1.73 bits per heavy atom. The van der Waals surface area contributed by atoms with Crippen LogP contribution in [0.5, 0.6) is 0 Å². The van der Waals surface area contributed by atoms with Crippen LogP contribution in [0.3, 0.4) is 0 Å². The maximum atomic E-state index is 13.5. The van der Waals surface area contributed by atoms with E-state index in [0.29, 0.717) is 11.4 Å². The van der Waals surface area contributed by atoms with Crippen molar-refractivity contribution in [2.75, 3.05) is 17.1 Å². The van der Waals surface area contributed by atoms with Crippen LogP contribution >= 0.6 is 23.2 Å². The van der Waals surface area contributed by atoms with Gasteiger partial charge in [0.2, 0.25) is 21.8 Å². The van der Waals surface area contributed by atoms with Crippen LogP contribution in [0.25, 0.3) is 0 Å². The van der Waals surface area contributed by atoms with Crippen LogP contribution in [0.2, 0.25) is 10.0 Å². The molecule has 0 saturated heterocycles. The van der Waals surface area contributed by atoms with Crippen molar-refractivity contribution in [1.29, 1.82) is 0 Å². The summed E-state index contributed by atoms with van der Waals surface area (Å²) >= 11 is 12.3. The molecule has 0 bridgehead atoms. The summed E-state index contributed by atoms with van der Waals surface area (Å²) in [6.45, 7) is 9.83. The van der Waals surface area contributed by atoms with E-state index in [0.717, 1.165) is 21.7 Å². The predicted molar refractivity (Wildman–Crippen MR) is 152 cm³/mol. The van der Waals surface area contributed by atoms with Crippen molar-refractivity contribution in [3.05, 3.63) is 63.6 Å². The second kappa shape index (κ2) is 13.0.